The third-order valence-electron chi connectivity index (χ3n) is 2.87. The maximum Gasteiger partial charge on any atom is 0.0945 e. The second-order valence-corrected chi connectivity index (χ2v) is 4.83. The van der Waals surface area contributed by atoms with Gasteiger partial charge in [-0.05, 0) is 31.0 Å². The van der Waals surface area contributed by atoms with Crippen molar-refractivity contribution < 1.29 is 0 Å². The highest BCUT2D eigenvalue weighted by molar-refractivity contribution is 9.10. The fraction of sp³-hybridized carbons (Fsp3) is 0.308. The van der Waals surface area contributed by atoms with Crippen LogP contribution in [0.1, 0.15) is 12.0 Å². The summed E-state index contributed by atoms with van der Waals surface area (Å²) in [5, 5.41) is 8.78. The number of aryl methyl sites for hydroxylation is 1. The Morgan fingerprint density at radius 3 is 2.81 bits per heavy atom. The fourth-order valence-corrected chi connectivity index (χ4v) is 2.15. The van der Waals surface area contributed by atoms with Gasteiger partial charge in [-0.3, -0.25) is 0 Å². The molecule has 0 amide bonds. The highest BCUT2D eigenvalue weighted by Crippen LogP contribution is 2.25. The Hall–Kier alpha value is -1.27. The molecule has 0 fully saturated rings. The van der Waals surface area contributed by atoms with Crippen LogP contribution >= 0.6 is 15.9 Å². The van der Waals surface area contributed by atoms with Crippen molar-refractivity contribution in [1.29, 1.82) is 5.26 Å². The molecule has 0 aromatic heterocycles. The molecule has 1 heterocycles. The number of rotatable bonds is 1. The number of anilines is 1. The average Bonchev–Trinajstić information content (AvgIpc) is 2.33. The van der Waals surface area contributed by atoms with E-state index in [1.165, 1.54) is 11.3 Å². The molecule has 0 atom stereocenters. The first-order chi connectivity index (χ1) is 7.70. The maximum atomic E-state index is 8.78. The molecule has 0 unspecified atom stereocenters. The molecule has 82 valence electrons. The number of nitrogens with zero attached hydrogens (tertiary/aromatic N) is 2. The van der Waals surface area contributed by atoms with E-state index in [0.717, 1.165) is 29.6 Å². The first kappa shape index (κ1) is 11.2. The van der Waals surface area contributed by atoms with Crippen molar-refractivity contribution in [2.45, 2.75) is 13.3 Å². The summed E-state index contributed by atoms with van der Waals surface area (Å²) in [5.41, 5.74) is 3.36. The Bertz CT molecular complexity index is 471. The Morgan fingerprint density at radius 2 is 2.25 bits per heavy atom. The summed E-state index contributed by atoms with van der Waals surface area (Å²) in [6.45, 7) is 3.84. The molecule has 0 bridgehead atoms. The smallest absolute Gasteiger partial charge is 0.0945 e. The second-order valence-electron chi connectivity index (χ2n) is 3.97. The van der Waals surface area contributed by atoms with Crippen LogP contribution in [0.3, 0.4) is 0 Å². The third-order valence-corrected chi connectivity index (χ3v) is 3.73. The quantitative estimate of drug-likeness (QED) is 0.786. The zero-order valence-corrected chi connectivity index (χ0v) is 10.8. The van der Waals surface area contributed by atoms with Gasteiger partial charge in [-0.2, -0.15) is 5.26 Å². The molecule has 1 aromatic rings. The molecular formula is C13H13BrN2. The summed E-state index contributed by atoms with van der Waals surface area (Å²) in [6, 6.07) is 8.61. The topological polar surface area (TPSA) is 27.0 Å². The SMILES string of the molecule is Cc1ccc(N2CC=C(C#N)CC2)cc1Br. The average molecular weight is 277 g/mol. The molecule has 1 aromatic carbocycles. The molecule has 0 radical (unpaired) electrons. The summed E-state index contributed by atoms with van der Waals surface area (Å²) in [5.74, 6) is 0. The Balaban J connectivity index is 2.18. The van der Waals surface area contributed by atoms with Gasteiger partial charge in [-0.15, -0.1) is 0 Å². The molecule has 1 aliphatic rings. The van der Waals surface area contributed by atoms with Crippen molar-refractivity contribution in [2.75, 3.05) is 18.0 Å². The van der Waals surface area contributed by atoms with Gasteiger partial charge >= 0.3 is 0 Å². The van der Waals surface area contributed by atoms with Crippen LogP contribution in [0, 0.1) is 18.3 Å². The van der Waals surface area contributed by atoms with Gasteiger partial charge < -0.3 is 4.90 Å². The highest BCUT2D eigenvalue weighted by atomic mass is 79.9. The molecular weight excluding hydrogens is 264 g/mol. The molecule has 2 rings (SSSR count). The first-order valence-electron chi connectivity index (χ1n) is 5.31. The lowest BCUT2D eigenvalue weighted by atomic mass is 10.1. The summed E-state index contributed by atoms with van der Waals surface area (Å²) in [7, 11) is 0. The van der Waals surface area contributed by atoms with Crippen LogP contribution in [0.5, 0.6) is 0 Å². The van der Waals surface area contributed by atoms with Crippen LogP contribution in [0.4, 0.5) is 5.69 Å². The van der Waals surface area contributed by atoms with E-state index in [0.29, 0.717) is 0 Å². The molecule has 0 saturated heterocycles. The van der Waals surface area contributed by atoms with Crippen LogP contribution in [0.25, 0.3) is 0 Å². The minimum atomic E-state index is 0.832. The molecule has 16 heavy (non-hydrogen) atoms. The minimum absolute atomic E-state index is 0.832. The summed E-state index contributed by atoms with van der Waals surface area (Å²) in [4.78, 5) is 2.28. The number of hydrogen-bond acceptors (Lipinski definition) is 2. The Kier molecular flexibility index (Phi) is 3.31. The van der Waals surface area contributed by atoms with Crippen LogP contribution in [0.15, 0.2) is 34.3 Å². The highest BCUT2D eigenvalue weighted by Gasteiger charge is 2.12. The van der Waals surface area contributed by atoms with E-state index in [-0.39, 0.29) is 0 Å². The normalized spacial score (nSPS) is 15.6. The van der Waals surface area contributed by atoms with Crippen molar-refractivity contribution in [3.63, 3.8) is 0 Å². The van der Waals surface area contributed by atoms with E-state index in [1.807, 2.05) is 6.08 Å². The predicted molar refractivity (Wildman–Crippen MR) is 69.4 cm³/mol. The van der Waals surface area contributed by atoms with Crippen LogP contribution in [-0.2, 0) is 0 Å². The van der Waals surface area contributed by atoms with E-state index in [1.54, 1.807) is 0 Å². The standard InChI is InChI=1S/C13H13BrN2/c1-10-2-3-12(8-13(10)14)16-6-4-11(9-15)5-7-16/h2-4,8H,5-7H2,1H3. The molecule has 0 aliphatic carbocycles. The lowest BCUT2D eigenvalue weighted by Gasteiger charge is -2.27. The van der Waals surface area contributed by atoms with E-state index in [9.17, 15) is 0 Å². The molecule has 0 saturated carbocycles. The zero-order valence-electron chi connectivity index (χ0n) is 9.20. The molecule has 1 aliphatic heterocycles. The van der Waals surface area contributed by atoms with Gasteiger partial charge in [0.1, 0.15) is 0 Å². The van der Waals surface area contributed by atoms with Gasteiger partial charge in [0, 0.05) is 28.8 Å². The molecule has 0 N–H and O–H groups in total. The summed E-state index contributed by atoms with van der Waals surface area (Å²) >= 11 is 3.54. The van der Waals surface area contributed by atoms with Gasteiger partial charge in [0.2, 0.25) is 0 Å². The predicted octanol–water partition coefficient (Wildman–Crippen LogP) is 3.42. The Labute approximate surface area is 104 Å². The van der Waals surface area contributed by atoms with Gasteiger partial charge in [-0.1, -0.05) is 28.1 Å². The lowest BCUT2D eigenvalue weighted by molar-refractivity contribution is 0.802. The third kappa shape index (κ3) is 2.28. The first-order valence-corrected chi connectivity index (χ1v) is 6.10. The largest absolute Gasteiger partial charge is 0.367 e. The van der Waals surface area contributed by atoms with Crippen molar-refractivity contribution in [2.24, 2.45) is 0 Å². The van der Waals surface area contributed by atoms with Crippen molar-refractivity contribution in [3.8, 4) is 6.07 Å². The monoisotopic (exact) mass is 276 g/mol. The van der Waals surface area contributed by atoms with Crippen molar-refractivity contribution in [3.05, 3.63) is 39.9 Å². The number of hydrogen-bond donors (Lipinski definition) is 0. The zero-order chi connectivity index (χ0) is 11.5. The van der Waals surface area contributed by atoms with Crippen LogP contribution < -0.4 is 4.90 Å². The van der Waals surface area contributed by atoms with Gasteiger partial charge in [0.05, 0.1) is 6.07 Å². The summed E-state index contributed by atoms with van der Waals surface area (Å²) in [6.07, 6.45) is 2.86. The van der Waals surface area contributed by atoms with Gasteiger partial charge in [0.15, 0.2) is 0 Å². The molecule has 3 heteroatoms. The maximum absolute atomic E-state index is 8.78. The molecule has 2 nitrogen and oxygen atoms in total. The fourth-order valence-electron chi connectivity index (χ4n) is 1.78. The van der Waals surface area contributed by atoms with Gasteiger partial charge in [0.25, 0.3) is 0 Å². The second kappa shape index (κ2) is 4.71. The Morgan fingerprint density at radius 1 is 1.44 bits per heavy atom. The number of benzene rings is 1. The lowest BCUT2D eigenvalue weighted by Crippen LogP contribution is -2.28. The minimum Gasteiger partial charge on any atom is -0.367 e. The van der Waals surface area contributed by atoms with Gasteiger partial charge in [-0.25, -0.2) is 0 Å². The summed E-state index contributed by atoms with van der Waals surface area (Å²) < 4.78 is 1.14. The van der Waals surface area contributed by atoms with Crippen LogP contribution in [-0.4, -0.2) is 13.1 Å². The van der Waals surface area contributed by atoms with Crippen molar-refractivity contribution >= 4 is 21.6 Å². The van der Waals surface area contributed by atoms with E-state index >= 15 is 0 Å². The van der Waals surface area contributed by atoms with E-state index in [2.05, 4.69) is 52.0 Å². The number of nitriles is 1. The van der Waals surface area contributed by atoms with Crippen molar-refractivity contribution in [1.82, 2.24) is 0 Å². The van der Waals surface area contributed by atoms with E-state index < -0.39 is 0 Å². The van der Waals surface area contributed by atoms with E-state index in [4.69, 9.17) is 5.26 Å². The number of halogens is 1. The molecule has 0 spiro atoms. The van der Waals surface area contributed by atoms with Crippen LogP contribution in [0.2, 0.25) is 0 Å².